The summed E-state index contributed by atoms with van der Waals surface area (Å²) in [6.45, 7) is 7.52. The molecule has 2 nitrogen and oxygen atoms in total. The standard InChI is InChI=1S/C13H22N2/c1-10-6-7-13(11(2)8-10)15(5)9-12(3)14-4/h6-8,12,14H,9H2,1-5H3. The molecule has 1 unspecified atom stereocenters. The third kappa shape index (κ3) is 3.24. The number of likely N-dealkylation sites (N-methyl/N-ethyl adjacent to an activating group) is 2. The molecule has 0 bridgehead atoms. The molecule has 0 aliphatic rings. The van der Waals surface area contributed by atoms with Gasteiger partial charge in [0.1, 0.15) is 0 Å². The Labute approximate surface area is 93.3 Å². The number of aryl methyl sites for hydroxylation is 2. The lowest BCUT2D eigenvalue weighted by Gasteiger charge is -2.25. The molecule has 1 atom stereocenters. The minimum atomic E-state index is 0.510. The summed E-state index contributed by atoms with van der Waals surface area (Å²) in [6, 6.07) is 7.11. The molecule has 0 heterocycles. The van der Waals surface area contributed by atoms with Crippen LogP contribution in [-0.2, 0) is 0 Å². The van der Waals surface area contributed by atoms with E-state index in [1.165, 1.54) is 16.8 Å². The SMILES string of the molecule is CNC(C)CN(C)c1ccc(C)cc1C. The van der Waals surface area contributed by atoms with Crippen LogP contribution in [0.15, 0.2) is 18.2 Å². The van der Waals surface area contributed by atoms with Gasteiger partial charge < -0.3 is 10.2 Å². The van der Waals surface area contributed by atoms with Crippen molar-refractivity contribution in [1.29, 1.82) is 0 Å². The zero-order chi connectivity index (χ0) is 11.4. The van der Waals surface area contributed by atoms with E-state index >= 15 is 0 Å². The van der Waals surface area contributed by atoms with Crippen LogP contribution in [0.5, 0.6) is 0 Å². The summed E-state index contributed by atoms with van der Waals surface area (Å²) in [5, 5.41) is 3.25. The zero-order valence-corrected chi connectivity index (χ0v) is 10.5. The Morgan fingerprint density at radius 2 is 2.00 bits per heavy atom. The second-order valence-electron chi connectivity index (χ2n) is 4.36. The van der Waals surface area contributed by atoms with Crippen LogP contribution in [0.2, 0.25) is 0 Å². The average molecular weight is 206 g/mol. The third-order valence-electron chi connectivity index (χ3n) is 2.80. The van der Waals surface area contributed by atoms with E-state index in [2.05, 4.69) is 56.2 Å². The van der Waals surface area contributed by atoms with E-state index in [1.807, 2.05) is 7.05 Å². The fraction of sp³-hybridized carbons (Fsp3) is 0.538. The van der Waals surface area contributed by atoms with Crippen LogP contribution in [0.1, 0.15) is 18.1 Å². The number of rotatable bonds is 4. The van der Waals surface area contributed by atoms with Gasteiger partial charge in [-0.15, -0.1) is 0 Å². The van der Waals surface area contributed by atoms with Crippen LogP contribution in [0, 0.1) is 13.8 Å². The molecule has 1 N–H and O–H groups in total. The number of hydrogen-bond acceptors (Lipinski definition) is 2. The molecule has 0 saturated carbocycles. The topological polar surface area (TPSA) is 15.3 Å². The van der Waals surface area contributed by atoms with Gasteiger partial charge in [-0.2, -0.15) is 0 Å². The molecule has 1 aromatic rings. The predicted molar refractivity (Wildman–Crippen MR) is 67.7 cm³/mol. The maximum Gasteiger partial charge on any atom is 0.0394 e. The number of anilines is 1. The lowest BCUT2D eigenvalue weighted by atomic mass is 10.1. The smallest absolute Gasteiger partial charge is 0.0394 e. The number of nitrogens with one attached hydrogen (secondary N) is 1. The molecule has 15 heavy (non-hydrogen) atoms. The highest BCUT2D eigenvalue weighted by molar-refractivity contribution is 5.53. The fourth-order valence-corrected chi connectivity index (χ4v) is 1.83. The molecule has 2 heteroatoms. The summed E-state index contributed by atoms with van der Waals surface area (Å²) in [5.41, 5.74) is 4.00. The molecular formula is C13H22N2. The molecule has 0 spiro atoms. The second kappa shape index (κ2) is 5.17. The maximum atomic E-state index is 3.25. The fourth-order valence-electron chi connectivity index (χ4n) is 1.83. The maximum absolute atomic E-state index is 3.25. The first kappa shape index (κ1) is 12.1. The van der Waals surface area contributed by atoms with Gasteiger partial charge in [-0.1, -0.05) is 17.7 Å². The summed E-state index contributed by atoms with van der Waals surface area (Å²) >= 11 is 0. The van der Waals surface area contributed by atoms with Crippen molar-refractivity contribution in [2.75, 3.05) is 25.5 Å². The Hall–Kier alpha value is -1.02. The van der Waals surface area contributed by atoms with Crippen LogP contribution in [-0.4, -0.2) is 26.7 Å². The molecule has 0 radical (unpaired) electrons. The summed E-state index contributed by atoms with van der Waals surface area (Å²) in [5.74, 6) is 0. The average Bonchev–Trinajstić information content (AvgIpc) is 2.17. The van der Waals surface area contributed by atoms with Crippen LogP contribution < -0.4 is 10.2 Å². The molecule has 1 aromatic carbocycles. The molecule has 0 fully saturated rings. The van der Waals surface area contributed by atoms with E-state index in [1.54, 1.807) is 0 Å². The summed E-state index contributed by atoms with van der Waals surface area (Å²) in [4.78, 5) is 2.30. The summed E-state index contributed by atoms with van der Waals surface area (Å²) < 4.78 is 0. The van der Waals surface area contributed by atoms with E-state index in [4.69, 9.17) is 0 Å². The zero-order valence-electron chi connectivity index (χ0n) is 10.5. The van der Waals surface area contributed by atoms with Gasteiger partial charge in [-0.05, 0) is 39.4 Å². The predicted octanol–water partition coefficient (Wildman–Crippen LogP) is 2.35. The van der Waals surface area contributed by atoms with E-state index in [0.717, 1.165) is 6.54 Å². The Morgan fingerprint density at radius 3 is 2.53 bits per heavy atom. The van der Waals surface area contributed by atoms with Crippen LogP contribution in [0.4, 0.5) is 5.69 Å². The van der Waals surface area contributed by atoms with Crippen LogP contribution in [0.25, 0.3) is 0 Å². The molecule has 0 saturated heterocycles. The first-order valence-corrected chi connectivity index (χ1v) is 5.50. The minimum Gasteiger partial charge on any atom is -0.373 e. The van der Waals surface area contributed by atoms with Gasteiger partial charge in [0.2, 0.25) is 0 Å². The van der Waals surface area contributed by atoms with Gasteiger partial charge >= 0.3 is 0 Å². The monoisotopic (exact) mass is 206 g/mol. The number of benzene rings is 1. The molecule has 84 valence electrons. The second-order valence-corrected chi connectivity index (χ2v) is 4.36. The van der Waals surface area contributed by atoms with Crippen molar-refractivity contribution in [1.82, 2.24) is 5.32 Å². The first-order valence-electron chi connectivity index (χ1n) is 5.50. The Kier molecular flexibility index (Phi) is 4.15. The minimum absolute atomic E-state index is 0.510. The van der Waals surface area contributed by atoms with Crippen molar-refractivity contribution in [3.8, 4) is 0 Å². The first-order chi connectivity index (χ1) is 7.04. The van der Waals surface area contributed by atoms with Gasteiger partial charge in [0.05, 0.1) is 0 Å². The van der Waals surface area contributed by atoms with Crippen molar-refractivity contribution >= 4 is 5.69 Å². The van der Waals surface area contributed by atoms with Crippen LogP contribution >= 0.6 is 0 Å². The van der Waals surface area contributed by atoms with Gasteiger partial charge in [0, 0.05) is 25.3 Å². The Morgan fingerprint density at radius 1 is 1.33 bits per heavy atom. The quantitative estimate of drug-likeness (QED) is 0.813. The Bertz CT molecular complexity index is 320. The van der Waals surface area contributed by atoms with E-state index < -0.39 is 0 Å². The van der Waals surface area contributed by atoms with Crippen molar-refractivity contribution in [3.05, 3.63) is 29.3 Å². The van der Waals surface area contributed by atoms with Crippen molar-refractivity contribution in [2.24, 2.45) is 0 Å². The molecular weight excluding hydrogens is 184 g/mol. The number of nitrogens with zero attached hydrogens (tertiary/aromatic N) is 1. The van der Waals surface area contributed by atoms with E-state index in [9.17, 15) is 0 Å². The van der Waals surface area contributed by atoms with Gasteiger partial charge in [0.25, 0.3) is 0 Å². The van der Waals surface area contributed by atoms with Gasteiger partial charge in [-0.25, -0.2) is 0 Å². The third-order valence-corrected chi connectivity index (χ3v) is 2.80. The van der Waals surface area contributed by atoms with Gasteiger partial charge in [-0.3, -0.25) is 0 Å². The lowest BCUT2D eigenvalue weighted by Crippen LogP contribution is -2.35. The highest BCUT2D eigenvalue weighted by Crippen LogP contribution is 2.19. The molecule has 0 amide bonds. The summed E-state index contributed by atoms with van der Waals surface area (Å²) in [6.07, 6.45) is 0. The number of hydrogen-bond donors (Lipinski definition) is 1. The molecule has 0 aromatic heterocycles. The molecule has 1 rings (SSSR count). The van der Waals surface area contributed by atoms with Gasteiger partial charge in [0.15, 0.2) is 0 Å². The lowest BCUT2D eigenvalue weighted by molar-refractivity contribution is 0.604. The summed E-state index contributed by atoms with van der Waals surface area (Å²) in [7, 11) is 4.14. The van der Waals surface area contributed by atoms with Crippen molar-refractivity contribution in [3.63, 3.8) is 0 Å². The van der Waals surface area contributed by atoms with Crippen LogP contribution in [0.3, 0.4) is 0 Å². The van der Waals surface area contributed by atoms with Crippen molar-refractivity contribution in [2.45, 2.75) is 26.8 Å². The van der Waals surface area contributed by atoms with E-state index in [-0.39, 0.29) is 0 Å². The Balaban J connectivity index is 2.77. The molecule has 0 aliphatic carbocycles. The largest absolute Gasteiger partial charge is 0.373 e. The van der Waals surface area contributed by atoms with E-state index in [0.29, 0.717) is 6.04 Å². The highest BCUT2D eigenvalue weighted by Gasteiger charge is 2.07. The highest BCUT2D eigenvalue weighted by atomic mass is 15.1. The normalized spacial score (nSPS) is 12.6. The van der Waals surface area contributed by atoms with Crippen molar-refractivity contribution < 1.29 is 0 Å². The molecule has 0 aliphatic heterocycles.